The molecule has 0 radical (unpaired) electrons. The number of carbonyl (C=O) groups is 1. The van der Waals surface area contributed by atoms with E-state index >= 15 is 0 Å². The van der Waals surface area contributed by atoms with Gasteiger partial charge in [-0.15, -0.1) is 0 Å². The zero-order chi connectivity index (χ0) is 14.7. The van der Waals surface area contributed by atoms with Gasteiger partial charge < -0.3 is 9.84 Å². The van der Waals surface area contributed by atoms with Crippen LogP contribution < -0.4 is 5.32 Å². The Balaban J connectivity index is 2.60. The van der Waals surface area contributed by atoms with E-state index in [0.29, 0.717) is 6.42 Å². The fraction of sp³-hybridized carbons (Fsp3) is 0.615. The largest absolute Gasteiger partial charge is 0.444 e. The summed E-state index contributed by atoms with van der Waals surface area (Å²) in [7, 11) is 0. The summed E-state index contributed by atoms with van der Waals surface area (Å²) in [4.78, 5) is 19.5. The van der Waals surface area contributed by atoms with Crippen LogP contribution in [0.15, 0.2) is 12.4 Å². The number of amides is 1. The van der Waals surface area contributed by atoms with Gasteiger partial charge in [0.2, 0.25) is 5.95 Å². The number of aliphatic hydroxyl groups is 1. The molecule has 1 amide bonds. The fourth-order valence-electron chi connectivity index (χ4n) is 1.41. The molecule has 0 atom stereocenters. The summed E-state index contributed by atoms with van der Waals surface area (Å²) in [6.45, 7) is 8.75. The third-order valence-electron chi connectivity index (χ3n) is 1.95. The van der Waals surface area contributed by atoms with Gasteiger partial charge in [0.05, 0.1) is 5.60 Å². The first-order chi connectivity index (χ1) is 8.55. The van der Waals surface area contributed by atoms with Crippen molar-refractivity contribution < 1.29 is 14.6 Å². The molecule has 2 N–H and O–H groups in total. The highest BCUT2D eigenvalue weighted by atomic mass is 16.6. The second kappa shape index (κ2) is 5.52. The molecule has 1 aromatic rings. The minimum atomic E-state index is -0.816. The molecular weight excluding hydrogens is 246 g/mol. The van der Waals surface area contributed by atoms with Gasteiger partial charge in [-0.2, -0.15) is 0 Å². The Hall–Kier alpha value is -1.69. The van der Waals surface area contributed by atoms with Crippen molar-refractivity contribution in [1.29, 1.82) is 0 Å². The van der Waals surface area contributed by atoms with Crippen LogP contribution in [0.5, 0.6) is 0 Å². The molecule has 19 heavy (non-hydrogen) atoms. The van der Waals surface area contributed by atoms with Crippen LogP contribution in [0.25, 0.3) is 0 Å². The third-order valence-corrected chi connectivity index (χ3v) is 1.95. The molecule has 0 bridgehead atoms. The Bertz CT molecular complexity index is 430. The molecule has 0 saturated carbocycles. The molecular formula is C13H21N3O3. The lowest BCUT2D eigenvalue weighted by molar-refractivity contribution is 0.0633. The SMILES string of the molecule is CC(C)(O)Cc1cnc(NC(=O)OC(C)(C)C)nc1. The molecule has 0 aliphatic rings. The summed E-state index contributed by atoms with van der Waals surface area (Å²) in [5.74, 6) is 0.175. The van der Waals surface area contributed by atoms with Gasteiger partial charge in [-0.1, -0.05) is 0 Å². The summed E-state index contributed by atoms with van der Waals surface area (Å²) < 4.78 is 5.08. The van der Waals surface area contributed by atoms with E-state index in [-0.39, 0.29) is 5.95 Å². The fourth-order valence-corrected chi connectivity index (χ4v) is 1.41. The average molecular weight is 267 g/mol. The van der Waals surface area contributed by atoms with Crippen LogP contribution in [0.1, 0.15) is 40.2 Å². The molecule has 106 valence electrons. The highest BCUT2D eigenvalue weighted by Gasteiger charge is 2.17. The van der Waals surface area contributed by atoms with E-state index in [9.17, 15) is 9.90 Å². The van der Waals surface area contributed by atoms with Crippen molar-refractivity contribution >= 4 is 12.0 Å². The summed E-state index contributed by atoms with van der Waals surface area (Å²) >= 11 is 0. The van der Waals surface area contributed by atoms with E-state index in [0.717, 1.165) is 5.56 Å². The van der Waals surface area contributed by atoms with Crippen molar-refractivity contribution in [2.75, 3.05) is 5.32 Å². The Morgan fingerprint density at radius 1 is 1.26 bits per heavy atom. The Morgan fingerprint density at radius 2 is 1.79 bits per heavy atom. The lowest BCUT2D eigenvalue weighted by Gasteiger charge is -2.19. The Kier molecular flexibility index (Phi) is 4.47. The molecule has 1 aromatic heterocycles. The molecule has 0 fully saturated rings. The highest BCUT2D eigenvalue weighted by molar-refractivity contribution is 5.82. The summed E-state index contributed by atoms with van der Waals surface area (Å²) in [5, 5.41) is 12.1. The molecule has 0 saturated heterocycles. The van der Waals surface area contributed by atoms with Crippen molar-refractivity contribution in [3.05, 3.63) is 18.0 Å². The first kappa shape index (κ1) is 15.4. The number of hydrogen-bond acceptors (Lipinski definition) is 5. The van der Waals surface area contributed by atoms with E-state index in [1.165, 1.54) is 0 Å². The number of ether oxygens (including phenoxy) is 1. The Morgan fingerprint density at radius 3 is 2.21 bits per heavy atom. The van der Waals surface area contributed by atoms with Crippen molar-refractivity contribution in [3.63, 3.8) is 0 Å². The van der Waals surface area contributed by atoms with E-state index in [4.69, 9.17) is 4.74 Å². The van der Waals surface area contributed by atoms with Gasteiger partial charge in [0.25, 0.3) is 0 Å². The average Bonchev–Trinajstić information content (AvgIpc) is 2.15. The summed E-state index contributed by atoms with van der Waals surface area (Å²) in [5.41, 5.74) is -0.587. The second-order valence-electron chi connectivity index (χ2n) is 6.03. The standard InChI is InChI=1S/C13H21N3O3/c1-12(2,3)19-11(17)16-10-14-7-9(8-15-10)6-13(4,5)18/h7-8,18H,6H2,1-5H3,(H,14,15,16,17). The smallest absolute Gasteiger partial charge is 0.414 e. The first-order valence-corrected chi connectivity index (χ1v) is 6.08. The van der Waals surface area contributed by atoms with Crippen LogP contribution in [0.4, 0.5) is 10.7 Å². The predicted molar refractivity (Wildman–Crippen MR) is 71.9 cm³/mol. The maximum atomic E-state index is 11.5. The van der Waals surface area contributed by atoms with E-state index in [2.05, 4.69) is 15.3 Å². The number of nitrogens with zero attached hydrogens (tertiary/aromatic N) is 2. The van der Waals surface area contributed by atoms with Gasteiger partial charge in [-0.3, -0.25) is 5.32 Å². The van der Waals surface area contributed by atoms with Gasteiger partial charge in [-0.05, 0) is 40.2 Å². The normalized spacial score (nSPS) is 12.1. The molecule has 0 aromatic carbocycles. The van der Waals surface area contributed by atoms with Crippen LogP contribution in [0.2, 0.25) is 0 Å². The van der Waals surface area contributed by atoms with Crippen LogP contribution in [0, 0.1) is 0 Å². The molecule has 0 unspecified atom stereocenters. The first-order valence-electron chi connectivity index (χ1n) is 6.08. The second-order valence-corrected chi connectivity index (χ2v) is 6.03. The number of nitrogens with one attached hydrogen (secondary N) is 1. The molecule has 0 aliphatic heterocycles. The summed E-state index contributed by atoms with van der Waals surface area (Å²) in [6, 6.07) is 0. The molecule has 1 rings (SSSR count). The topological polar surface area (TPSA) is 84.3 Å². The quantitative estimate of drug-likeness (QED) is 0.876. The van der Waals surface area contributed by atoms with E-state index < -0.39 is 17.3 Å². The maximum absolute atomic E-state index is 11.5. The zero-order valence-corrected chi connectivity index (χ0v) is 12.0. The number of aromatic nitrogens is 2. The lowest BCUT2D eigenvalue weighted by Crippen LogP contribution is -2.28. The number of anilines is 1. The van der Waals surface area contributed by atoms with Crippen molar-refractivity contribution in [3.8, 4) is 0 Å². The van der Waals surface area contributed by atoms with Gasteiger partial charge in [0, 0.05) is 18.8 Å². The minimum Gasteiger partial charge on any atom is -0.444 e. The number of rotatable bonds is 3. The van der Waals surface area contributed by atoms with Crippen molar-refractivity contribution in [2.24, 2.45) is 0 Å². The number of carbonyl (C=O) groups excluding carboxylic acids is 1. The Labute approximate surface area is 113 Å². The maximum Gasteiger partial charge on any atom is 0.414 e. The highest BCUT2D eigenvalue weighted by Crippen LogP contribution is 2.12. The molecule has 1 heterocycles. The molecule has 0 spiro atoms. The molecule has 6 nitrogen and oxygen atoms in total. The van der Waals surface area contributed by atoms with Crippen molar-refractivity contribution in [1.82, 2.24) is 9.97 Å². The molecule has 6 heteroatoms. The minimum absolute atomic E-state index is 0.175. The predicted octanol–water partition coefficient (Wildman–Crippen LogP) is 2.14. The van der Waals surface area contributed by atoms with Gasteiger partial charge in [0.1, 0.15) is 5.60 Å². The van der Waals surface area contributed by atoms with Gasteiger partial charge in [0.15, 0.2) is 0 Å². The van der Waals surface area contributed by atoms with Crippen LogP contribution in [-0.2, 0) is 11.2 Å². The third kappa shape index (κ3) is 6.71. The summed E-state index contributed by atoms with van der Waals surface area (Å²) in [6.07, 6.45) is 2.98. The van der Waals surface area contributed by atoms with Gasteiger partial charge >= 0.3 is 6.09 Å². The number of hydrogen-bond donors (Lipinski definition) is 2. The van der Waals surface area contributed by atoms with Crippen LogP contribution in [0.3, 0.4) is 0 Å². The molecule has 0 aliphatic carbocycles. The van der Waals surface area contributed by atoms with E-state index in [1.807, 2.05) is 0 Å². The lowest BCUT2D eigenvalue weighted by atomic mass is 10.0. The monoisotopic (exact) mass is 267 g/mol. The van der Waals surface area contributed by atoms with E-state index in [1.54, 1.807) is 47.0 Å². The van der Waals surface area contributed by atoms with Crippen molar-refractivity contribution in [2.45, 2.75) is 52.2 Å². The van der Waals surface area contributed by atoms with Crippen LogP contribution >= 0.6 is 0 Å². The van der Waals surface area contributed by atoms with Crippen LogP contribution in [-0.4, -0.2) is 32.4 Å². The zero-order valence-electron chi connectivity index (χ0n) is 12.0. The van der Waals surface area contributed by atoms with Gasteiger partial charge in [-0.25, -0.2) is 14.8 Å².